The number of carbonyl (C=O) groups excluding carboxylic acids is 1. The molecule has 0 atom stereocenters. The normalized spacial score (nSPS) is 14.8. The van der Waals surface area contributed by atoms with E-state index in [0.717, 1.165) is 35.3 Å². The molecular formula is C22H22N4O2. The molecule has 0 saturated carbocycles. The molecule has 1 saturated heterocycles. The third-order valence-electron chi connectivity index (χ3n) is 5.37. The minimum Gasteiger partial charge on any atom is -0.445 e. The fourth-order valence-electron chi connectivity index (χ4n) is 3.78. The Morgan fingerprint density at radius 3 is 2.68 bits per heavy atom. The van der Waals surface area contributed by atoms with Crippen molar-refractivity contribution in [2.75, 3.05) is 13.1 Å². The van der Waals surface area contributed by atoms with Crippen LogP contribution in [0.5, 0.6) is 0 Å². The number of rotatable bonds is 3. The Morgan fingerprint density at radius 2 is 1.96 bits per heavy atom. The summed E-state index contributed by atoms with van der Waals surface area (Å²) < 4.78 is 7.54. The molecule has 1 aliphatic heterocycles. The number of piperidine rings is 1. The summed E-state index contributed by atoms with van der Waals surface area (Å²) in [5, 5.41) is 9.09. The van der Waals surface area contributed by atoms with Crippen LogP contribution in [-0.2, 0) is 18.4 Å². The second-order valence-corrected chi connectivity index (χ2v) is 7.15. The molecular weight excluding hydrogens is 352 g/mol. The lowest BCUT2D eigenvalue weighted by Crippen LogP contribution is -2.38. The number of carbonyl (C=O) groups is 1. The molecule has 28 heavy (non-hydrogen) atoms. The van der Waals surface area contributed by atoms with Crippen LogP contribution in [0.1, 0.15) is 35.7 Å². The average Bonchev–Trinajstić information content (AvgIpc) is 3.08. The van der Waals surface area contributed by atoms with Gasteiger partial charge in [-0.15, -0.1) is 0 Å². The lowest BCUT2D eigenvalue weighted by Gasteiger charge is -2.31. The molecule has 2 aromatic carbocycles. The van der Waals surface area contributed by atoms with Gasteiger partial charge in [0.1, 0.15) is 12.4 Å². The molecule has 0 radical (unpaired) electrons. The molecule has 0 N–H and O–H groups in total. The first kappa shape index (κ1) is 18.1. The highest BCUT2D eigenvalue weighted by molar-refractivity contribution is 5.77. The van der Waals surface area contributed by atoms with E-state index in [2.05, 4.69) is 10.6 Å². The second kappa shape index (κ2) is 7.73. The summed E-state index contributed by atoms with van der Waals surface area (Å²) in [6, 6.07) is 17.5. The van der Waals surface area contributed by atoms with Crippen LogP contribution in [0.3, 0.4) is 0 Å². The van der Waals surface area contributed by atoms with Gasteiger partial charge in [0.15, 0.2) is 0 Å². The number of ether oxygens (including phenoxy) is 1. The molecule has 1 fully saturated rings. The largest absolute Gasteiger partial charge is 0.445 e. The fourth-order valence-corrected chi connectivity index (χ4v) is 3.78. The minimum atomic E-state index is -0.258. The molecule has 6 nitrogen and oxygen atoms in total. The number of fused-ring (bicyclic) bond motifs is 1. The van der Waals surface area contributed by atoms with Crippen molar-refractivity contribution >= 4 is 17.1 Å². The van der Waals surface area contributed by atoms with Crippen molar-refractivity contribution in [3.63, 3.8) is 0 Å². The predicted molar refractivity (Wildman–Crippen MR) is 106 cm³/mol. The molecule has 0 spiro atoms. The fraction of sp³-hybridized carbons (Fsp3) is 0.318. The van der Waals surface area contributed by atoms with E-state index in [9.17, 15) is 4.79 Å². The molecule has 3 aromatic rings. The zero-order chi connectivity index (χ0) is 19.5. The molecule has 1 aliphatic rings. The quantitative estimate of drug-likeness (QED) is 0.696. The molecule has 1 aromatic heterocycles. The van der Waals surface area contributed by atoms with Gasteiger partial charge >= 0.3 is 6.09 Å². The summed E-state index contributed by atoms with van der Waals surface area (Å²) in [4.78, 5) is 18.9. The number of aryl methyl sites for hydroxylation is 1. The predicted octanol–water partition coefficient (Wildman–Crippen LogP) is 3.96. The van der Waals surface area contributed by atoms with Crippen molar-refractivity contribution in [3.05, 3.63) is 65.5 Å². The Kier molecular flexibility index (Phi) is 4.98. The van der Waals surface area contributed by atoms with Crippen LogP contribution in [-0.4, -0.2) is 33.6 Å². The van der Waals surface area contributed by atoms with Crippen molar-refractivity contribution < 1.29 is 9.53 Å². The third kappa shape index (κ3) is 3.56. The first-order valence-corrected chi connectivity index (χ1v) is 9.48. The zero-order valence-electron chi connectivity index (χ0n) is 15.8. The highest BCUT2D eigenvalue weighted by atomic mass is 16.6. The van der Waals surface area contributed by atoms with Gasteiger partial charge in [-0.3, -0.25) is 0 Å². The summed E-state index contributed by atoms with van der Waals surface area (Å²) in [6.07, 6.45) is 1.44. The van der Waals surface area contributed by atoms with Crippen LogP contribution in [0, 0.1) is 11.3 Å². The Hall–Kier alpha value is -3.33. The van der Waals surface area contributed by atoms with Gasteiger partial charge in [-0.25, -0.2) is 9.78 Å². The molecule has 2 heterocycles. The van der Waals surface area contributed by atoms with E-state index in [4.69, 9.17) is 15.0 Å². The molecule has 0 unspecified atom stereocenters. The molecule has 6 heteroatoms. The van der Waals surface area contributed by atoms with Gasteiger partial charge in [0.25, 0.3) is 0 Å². The molecule has 0 aliphatic carbocycles. The number of nitrogens with zero attached hydrogens (tertiary/aromatic N) is 4. The number of aromatic nitrogens is 2. The number of amides is 1. The van der Waals surface area contributed by atoms with Crippen molar-refractivity contribution in [2.45, 2.75) is 25.4 Å². The van der Waals surface area contributed by atoms with Gasteiger partial charge < -0.3 is 14.2 Å². The molecule has 4 rings (SSSR count). The maximum absolute atomic E-state index is 12.3. The van der Waals surface area contributed by atoms with Gasteiger partial charge in [0, 0.05) is 26.1 Å². The summed E-state index contributed by atoms with van der Waals surface area (Å²) in [6.45, 7) is 1.61. The van der Waals surface area contributed by atoms with E-state index in [-0.39, 0.29) is 6.09 Å². The Labute approximate surface area is 164 Å². The number of hydrogen-bond donors (Lipinski definition) is 0. The van der Waals surface area contributed by atoms with Crippen LogP contribution in [0.15, 0.2) is 48.5 Å². The van der Waals surface area contributed by atoms with E-state index >= 15 is 0 Å². The molecule has 142 valence electrons. The van der Waals surface area contributed by atoms with E-state index in [1.807, 2.05) is 55.6 Å². The van der Waals surface area contributed by atoms with Crippen LogP contribution in [0.4, 0.5) is 4.79 Å². The Balaban J connectivity index is 1.39. The summed E-state index contributed by atoms with van der Waals surface area (Å²) in [7, 11) is 2.01. The topological polar surface area (TPSA) is 71.2 Å². The van der Waals surface area contributed by atoms with Crippen molar-refractivity contribution in [2.24, 2.45) is 7.05 Å². The van der Waals surface area contributed by atoms with Gasteiger partial charge in [0.2, 0.25) is 0 Å². The standard InChI is InChI=1S/C22H22N4O2/c1-25-20-8-7-17(14-23)13-19(20)24-21(25)18-9-11-26(12-10-18)22(27)28-15-16-5-3-2-4-6-16/h2-8,13,18H,9-12,15H2,1H3. The number of imidazole rings is 1. The minimum absolute atomic E-state index is 0.258. The number of nitriles is 1. The Morgan fingerprint density at radius 1 is 1.21 bits per heavy atom. The highest BCUT2D eigenvalue weighted by Gasteiger charge is 2.27. The van der Waals surface area contributed by atoms with Gasteiger partial charge in [0.05, 0.1) is 22.7 Å². The number of hydrogen-bond acceptors (Lipinski definition) is 4. The van der Waals surface area contributed by atoms with Gasteiger partial charge in [-0.1, -0.05) is 30.3 Å². The van der Waals surface area contributed by atoms with E-state index < -0.39 is 0 Å². The van der Waals surface area contributed by atoms with Crippen molar-refractivity contribution in [1.29, 1.82) is 5.26 Å². The first-order valence-electron chi connectivity index (χ1n) is 9.48. The van der Waals surface area contributed by atoms with E-state index in [1.165, 1.54) is 0 Å². The molecule has 0 bridgehead atoms. The summed E-state index contributed by atoms with van der Waals surface area (Å²) in [5.41, 5.74) is 3.48. The van der Waals surface area contributed by atoms with E-state index in [0.29, 0.717) is 31.2 Å². The summed E-state index contributed by atoms with van der Waals surface area (Å²) >= 11 is 0. The highest BCUT2D eigenvalue weighted by Crippen LogP contribution is 2.30. The molecule has 1 amide bonds. The van der Waals surface area contributed by atoms with Crippen LogP contribution < -0.4 is 0 Å². The number of likely N-dealkylation sites (tertiary alicyclic amines) is 1. The SMILES string of the molecule is Cn1c(C2CCN(C(=O)OCc3ccccc3)CC2)nc2cc(C#N)ccc21. The lowest BCUT2D eigenvalue weighted by atomic mass is 9.96. The van der Waals surface area contributed by atoms with Crippen molar-refractivity contribution in [1.82, 2.24) is 14.5 Å². The van der Waals surface area contributed by atoms with Gasteiger partial charge in [-0.2, -0.15) is 5.26 Å². The lowest BCUT2D eigenvalue weighted by molar-refractivity contribution is 0.0865. The average molecular weight is 374 g/mol. The summed E-state index contributed by atoms with van der Waals surface area (Å²) in [5.74, 6) is 1.31. The third-order valence-corrected chi connectivity index (χ3v) is 5.37. The maximum Gasteiger partial charge on any atom is 0.410 e. The number of benzene rings is 2. The monoisotopic (exact) mass is 374 g/mol. The second-order valence-electron chi connectivity index (χ2n) is 7.15. The zero-order valence-corrected chi connectivity index (χ0v) is 15.8. The first-order chi connectivity index (χ1) is 13.7. The van der Waals surface area contributed by atoms with Crippen LogP contribution in [0.2, 0.25) is 0 Å². The van der Waals surface area contributed by atoms with Crippen molar-refractivity contribution in [3.8, 4) is 6.07 Å². The van der Waals surface area contributed by atoms with Crippen LogP contribution >= 0.6 is 0 Å². The van der Waals surface area contributed by atoms with Crippen LogP contribution in [0.25, 0.3) is 11.0 Å². The Bertz CT molecular complexity index is 1030. The smallest absolute Gasteiger partial charge is 0.410 e. The van der Waals surface area contributed by atoms with E-state index in [1.54, 1.807) is 4.90 Å². The van der Waals surface area contributed by atoms with Gasteiger partial charge in [-0.05, 0) is 36.6 Å². The maximum atomic E-state index is 12.3.